The van der Waals surface area contributed by atoms with Crippen molar-refractivity contribution in [2.45, 2.75) is 24.9 Å². The highest BCUT2D eigenvalue weighted by Gasteiger charge is 2.34. The normalized spacial score (nSPS) is 25.7. The third-order valence-corrected chi connectivity index (χ3v) is 4.16. The standard InChI is InChI=1S/C12H14BrClO/c13-11-5-2-1-4-10(11)8-12(9-14)6-3-7-15-12/h1-2,4-5H,3,6-9H2. The molecule has 0 amide bonds. The average molecular weight is 290 g/mol. The number of halogens is 2. The second-order valence-corrected chi connectivity index (χ2v) is 5.16. The molecule has 1 atom stereocenters. The Balaban J connectivity index is 2.16. The van der Waals surface area contributed by atoms with E-state index in [1.165, 1.54) is 5.56 Å². The van der Waals surface area contributed by atoms with Crippen molar-refractivity contribution >= 4 is 27.5 Å². The highest BCUT2D eigenvalue weighted by atomic mass is 79.9. The Labute approximate surface area is 104 Å². The van der Waals surface area contributed by atoms with Crippen LogP contribution in [0.15, 0.2) is 28.7 Å². The Morgan fingerprint density at radius 1 is 1.40 bits per heavy atom. The van der Waals surface area contributed by atoms with Gasteiger partial charge in [-0.15, -0.1) is 11.6 Å². The van der Waals surface area contributed by atoms with Crippen molar-refractivity contribution in [1.29, 1.82) is 0 Å². The molecule has 1 nitrogen and oxygen atoms in total. The maximum atomic E-state index is 6.03. The second-order valence-electron chi connectivity index (χ2n) is 4.04. The topological polar surface area (TPSA) is 9.23 Å². The molecule has 1 heterocycles. The van der Waals surface area contributed by atoms with Crippen LogP contribution in [0.1, 0.15) is 18.4 Å². The SMILES string of the molecule is ClCC1(Cc2ccccc2Br)CCCO1. The maximum Gasteiger partial charge on any atom is 0.0858 e. The highest BCUT2D eigenvalue weighted by Crippen LogP contribution is 2.32. The van der Waals surface area contributed by atoms with E-state index in [4.69, 9.17) is 16.3 Å². The quantitative estimate of drug-likeness (QED) is 0.770. The molecule has 0 bridgehead atoms. The molecule has 1 unspecified atom stereocenters. The smallest absolute Gasteiger partial charge is 0.0858 e. The molecule has 1 aliphatic heterocycles. The van der Waals surface area contributed by atoms with Gasteiger partial charge in [0.2, 0.25) is 0 Å². The Morgan fingerprint density at radius 2 is 2.20 bits per heavy atom. The van der Waals surface area contributed by atoms with Gasteiger partial charge in [0.15, 0.2) is 0 Å². The summed E-state index contributed by atoms with van der Waals surface area (Å²) in [5.41, 5.74) is 1.14. The molecule has 2 rings (SSSR count). The van der Waals surface area contributed by atoms with Gasteiger partial charge in [0.1, 0.15) is 0 Å². The lowest BCUT2D eigenvalue weighted by Gasteiger charge is -2.26. The van der Waals surface area contributed by atoms with Gasteiger partial charge in [0, 0.05) is 17.5 Å². The van der Waals surface area contributed by atoms with E-state index in [9.17, 15) is 0 Å². The minimum Gasteiger partial charge on any atom is -0.373 e. The number of alkyl halides is 1. The van der Waals surface area contributed by atoms with Gasteiger partial charge in [-0.1, -0.05) is 34.1 Å². The third kappa shape index (κ3) is 2.55. The van der Waals surface area contributed by atoms with Crippen LogP contribution in [0, 0.1) is 0 Å². The van der Waals surface area contributed by atoms with Crippen LogP contribution in [0.3, 0.4) is 0 Å². The van der Waals surface area contributed by atoms with E-state index < -0.39 is 0 Å². The molecule has 3 heteroatoms. The van der Waals surface area contributed by atoms with Crippen molar-refractivity contribution in [3.05, 3.63) is 34.3 Å². The summed E-state index contributed by atoms with van der Waals surface area (Å²) >= 11 is 9.58. The van der Waals surface area contributed by atoms with Gasteiger partial charge in [0.25, 0.3) is 0 Å². The monoisotopic (exact) mass is 288 g/mol. The summed E-state index contributed by atoms with van der Waals surface area (Å²) in [7, 11) is 0. The van der Waals surface area contributed by atoms with Crippen molar-refractivity contribution in [1.82, 2.24) is 0 Å². The first-order valence-electron chi connectivity index (χ1n) is 5.19. The zero-order chi connectivity index (χ0) is 10.7. The Morgan fingerprint density at radius 3 is 2.80 bits per heavy atom. The maximum absolute atomic E-state index is 6.03. The van der Waals surface area contributed by atoms with E-state index in [0.717, 1.165) is 30.3 Å². The van der Waals surface area contributed by atoms with E-state index in [-0.39, 0.29) is 5.60 Å². The van der Waals surface area contributed by atoms with Crippen LogP contribution < -0.4 is 0 Å². The average Bonchev–Trinajstić information content (AvgIpc) is 2.71. The van der Waals surface area contributed by atoms with E-state index in [1.807, 2.05) is 6.07 Å². The van der Waals surface area contributed by atoms with Gasteiger partial charge in [-0.25, -0.2) is 0 Å². The molecule has 0 N–H and O–H groups in total. The van der Waals surface area contributed by atoms with Crippen molar-refractivity contribution in [2.75, 3.05) is 12.5 Å². The van der Waals surface area contributed by atoms with Crippen LogP contribution in [0.2, 0.25) is 0 Å². The van der Waals surface area contributed by atoms with Crippen molar-refractivity contribution in [3.63, 3.8) is 0 Å². The van der Waals surface area contributed by atoms with Crippen molar-refractivity contribution in [3.8, 4) is 0 Å². The molecule has 0 aliphatic carbocycles. The van der Waals surface area contributed by atoms with Gasteiger partial charge in [0.05, 0.1) is 11.5 Å². The summed E-state index contributed by atoms with van der Waals surface area (Å²) in [5, 5.41) is 0. The Hall–Kier alpha value is -0.0500. The summed E-state index contributed by atoms with van der Waals surface area (Å²) in [6.07, 6.45) is 3.09. The molecule has 1 saturated heterocycles. The lowest BCUT2D eigenvalue weighted by Crippen LogP contribution is -2.32. The Kier molecular flexibility index (Phi) is 3.70. The molecule has 0 spiro atoms. The highest BCUT2D eigenvalue weighted by molar-refractivity contribution is 9.10. The fourth-order valence-electron chi connectivity index (χ4n) is 2.04. The molecular formula is C12H14BrClO. The van der Waals surface area contributed by atoms with Crippen LogP contribution in [-0.4, -0.2) is 18.1 Å². The first-order valence-corrected chi connectivity index (χ1v) is 6.52. The lowest BCUT2D eigenvalue weighted by atomic mass is 9.93. The van der Waals surface area contributed by atoms with Gasteiger partial charge in [-0.2, -0.15) is 0 Å². The lowest BCUT2D eigenvalue weighted by molar-refractivity contribution is 0.0236. The summed E-state index contributed by atoms with van der Waals surface area (Å²) in [4.78, 5) is 0. The van der Waals surface area contributed by atoms with E-state index in [1.54, 1.807) is 0 Å². The predicted octanol–water partition coefficient (Wildman–Crippen LogP) is 3.78. The number of ether oxygens (including phenoxy) is 1. The summed E-state index contributed by atoms with van der Waals surface area (Å²) < 4.78 is 6.94. The second kappa shape index (κ2) is 4.86. The molecular weight excluding hydrogens is 275 g/mol. The van der Waals surface area contributed by atoms with Gasteiger partial charge in [-0.05, 0) is 24.5 Å². The number of benzene rings is 1. The first-order chi connectivity index (χ1) is 7.26. The van der Waals surface area contributed by atoms with E-state index in [2.05, 4.69) is 34.1 Å². The summed E-state index contributed by atoms with van der Waals surface area (Å²) in [6, 6.07) is 8.26. The van der Waals surface area contributed by atoms with Gasteiger partial charge < -0.3 is 4.74 Å². The molecule has 1 aromatic carbocycles. The van der Waals surface area contributed by atoms with Crippen LogP contribution in [0.5, 0.6) is 0 Å². The first kappa shape index (κ1) is 11.4. The summed E-state index contributed by atoms with van der Waals surface area (Å²) in [6.45, 7) is 0.844. The molecule has 1 aromatic rings. The van der Waals surface area contributed by atoms with Crippen molar-refractivity contribution in [2.24, 2.45) is 0 Å². The van der Waals surface area contributed by atoms with Gasteiger partial charge >= 0.3 is 0 Å². The fraction of sp³-hybridized carbons (Fsp3) is 0.500. The van der Waals surface area contributed by atoms with Crippen LogP contribution in [0.4, 0.5) is 0 Å². The minimum absolute atomic E-state index is 0.134. The molecule has 82 valence electrons. The van der Waals surface area contributed by atoms with Crippen LogP contribution >= 0.6 is 27.5 Å². The van der Waals surface area contributed by atoms with Crippen LogP contribution in [0.25, 0.3) is 0 Å². The molecule has 0 saturated carbocycles. The van der Waals surface area contributed by atoms with E-state index >= 15 is 0 Å². The number of hydrogen-bond donors (Lipinski definition) is 0. The largest absolute Gasteiger partial charge is 0.373 e. The summed E-state index contributed by atoms with van der Waals surface area (Å²) in [5.74, 6) is 0.578. The fourth-order valence-corrected chi connectivity index (χ4v) is 2.77. The third-order valence-electron chi connectivity index (χ3n) is 2.90. The number of hydrogen-bond acceptors (Lipinski definition) is 1. The predicted molar refractivity (Wildman–Crippen MR) is 66.5 cm³/mol. The molecule has 15 heavy (non-hydrogen) atoms. The zero-order valence-electron chi connectivity index (χ0n) is 8.51. The minimum atomic E-state index is -0.134. The molecule has 0 aromatic heterocycles. The van der Waals surface area contributed by atoms with Gasteiger partial charge in [-0.3, -0.25) is 0 Å². The molecule has 0 radical (unpaired) electrons. The number of rotatable bonds is 3. The zero-order valence-corrected chi connectivity index (χ0v) is 10.9. The molecule has 1 aliphatic rings. The Bertz CT molecular complexity index is 334. The molecule has 1 fully saturated rings. The van der Waals surface area contributed by atoms with E-state index in [0.29, 0.717) is 5.88 Å². The van der Waals surface area contributed by atoms with Crippen molar-refractivity contribution < 1.29 is 4.74 Å². The van der Waals surface area contributed by atoms with Crippen LogP contribution in [-0.2, 0) is 11.2 Å².